The minimum absolute atomic E-state index is 0.0715. The summed E-state index contributed by atoms with van der Waals surface area (Å²) in [5.41, 5.74) is 1.08. The molecule has 0 bridgehead atoms. The molecule has 1 aliphatic rings. The van der Waals surface area contributed by atoms with Gasteiger partial charge < -0.3 is 10.1 Å². The van der Waals surface area contributed by atoms with Crippen molar-refractivity contribution in [3.63, 3.8) is 0 Å². The Balaban J connectivity index is 1.87. The van der Waals surface area contributed by atoms with Crippen LogP contribution in [-0.4, -0.2) is 25.0 Å². The van der Waals surface area contributed by atoms with Crippen LogP contribution in [0.4, 0.5) is 11.4 Å². The summed E-state index contributed by atoms with van der Waals surface area (Å²) in [6.45, 7) is 0. The Morgan fingerprint density at radius 1 is 1.13 bits per heavy atom. The third-order valence-electron chi connectivity index (χ3n) is 3.68. The number of amides is 2. The number of nitrogens with one attached hydrogen (secondary N) is 1. The van der Waals surface area contributed by atoms with Gasteiger partial charge in [0.25, 0.3) is 5.91 Å². The number of nitrogens with zero attached hydrogens (tertiary/aromatic N) is 1. The third kappa shape index (κ3) is 2.87. The fourth-order valence-electron chi connectivity index (χ4n) is 2.58. The first kappa shape index (κ1) is 15.4. The number of methoxy groups -OCH3 is 1. The molecule has 0 aromatic heterocycles. The van der Waals surface area contributed by atoms with Crippen molar-refractivity contribution in [1.29, 1.82) is 0 Å². The quantitative estimate of drug-likeness (QED) is 0.875. The Morgan fingerprint density at radius 2 is 1.83 bits per heavy atom. The molecule has 1 saturated heterocycles. The lowest BCUT2D eigenvalue weighted by molar-refractivity contribution is -0.121. The van der Waals surface area contributed by atoms with Gasteiger partial charge in [-0.2, -0.15) is 0 Å². The third-order valence-corrected chi connectivity index (χ3v) is 4.01. The number of halogens is 1. The molecule has 5 nitrogen and oxygen atoms in total. The molecule has 0 aliphatic carbocycles. The summed E-state index contributed by atoms with van der Waals surface area (Å²) in [4.78, 5) is 26.1. The standard InChI is InChI=1S/C17H15ClN2O3/c1-23-15-9-5-4-8-14(15)20-16(21)10-13(17(20)22)19-12-7-3-2-6-11(12)18/h2-9,13,19H,10H2,1H3. The monoisotopic (exact) mass is 330 g/mol. The number of benzene rings is 2. The SMILES string of the molecule is COc1ccccc1N1C(=O)CC(Nc2ccccc2Cl)C1=O. The molecule has 23 heavy (non-hydrogen) atoms. The Labute approximate surface area is 138 Å². The fourth-order valence-corrected chi connectivity index (χ4v) is 2.77. The Bertz CT molecular complexity index is 763. The van der Waals surface area contributed by atoms with Gasteiger partial charge in [0.15, 0.2) is 0 Å². The van der Waals surface area contributed by atoms with Gasteiger partial charge >= 0.3 is 0 Å². The highest BCUT2D eigenvalue weighted by molar-refractivity contribution is 6.33. The van der Waals surface area contributed by atoms with Crippen molar-refractivity contribution in [2.24, 2.45) is 0 Å². The maximum absolute atomic E-state index is 12.6. The van der Waals surface area contributed by atoms with Crippen LogP contribution >= 0.6 is 11.6 Å². The Hall–Kier alpha value is -2.53. The van der Waals surface area contributed by atoms with Crippen LogP contribution in [0.1, 0.15) is 6.42 Å². The summed E-state index contributed by atoms with van der Waals surface area (Å²) in [5.74, 6) is -0.115. The number of carbonyl (C=O) groups is 2. The lowest BCUT2D eigenvalue weighted by atomic mass is 10.2. The summed E-state index contributed by atoms with van der Waals surface area (Å²) in [6, 6.07) is 13.4. The van der Waals surface area contributed by atoms with E-state index in [2.05, 4.69) is 5.32 Å². The van der Waals surface area contributed by atoms with E-state index in [0.29, 0.717) is 22.1 Å². The molecule has 2 aromatic rings. The van der Waals surface area contributed by atoms with Crippen molar-refractivity contribution >= 4 is 34.8 Å². The first-order valence-electron chi connectivity index (χ1n) is 7.12. The van der Waals surface area contributed by atoms with Gasteiger partial charge in [0.1, 0.15) is 11.8 Å². The highest BCUT2D eigenvalue weighted by atomic mass is 35.5. The second kappa shape index (κ2) is 6.30. The second-order valence-corrected chi connectivity index (χ2v) is 5.53. The van der Waals surface area contributed by atoms with Gasteiger partial charge in [-0.3, -0.25) is 9.59 Å². The van der Waals surface area contributed by atoms with E-state index >= 15 is 0 Å². The van der Waals surface area contributed by atoms with Crippen molar-refractivity contribution < 1.29 is 14.3 Å². The number of anilines is 2. The summed E-state index contributed by atoms with van der Waals surface area (Å²) in [7, 11) is 1.50. The summed E-state index contributed by atoms with van der Waals surface area (Å²) in [5, 5.41) is 3.54. The number of hydrogen-bond donors (Lipinski definition) is 1. The van der Waals surface area contributed by atoms with Crippen LogP contribution in [0.3, 0.4) is 0 Å². The Kier molecular flexibility index (Phi) is 4.21. The predicted octanol–water partition coefficient (Wildman–Crippen LogP) is 3.09. The van der Waals surface area contributed by atoms with Gasteiger partial charge in [0.2, 0.25) is 5.91 Å². The summed E-state index contributed by atoms with van der Waals surface area (Å²) >= 11 is 6.10. The first-order chi connectivity index (χ1) is 11.1. The van der Waals surface area contributed by atoms with Gasteiger partial charge in [-0.1, -0.05) is 35.9 Å². The molecule has 3 rings (SSSR count). The average molecular weight is 331 g/mol. The topological polar surface area (TPSA) is 58.6 Å². The van der Waals surface area contributed by atoms with Crippen LogP contribution in [0.25, 0.3) is 0 Å². The number of para-hydroxylation sites is 3. The molecule has 1 unspecified atom stereocenters. The van der Waals surface area contributed by atoms with Crippen molar-refractivity contribution in [2.45, 2.75) is 12.5 Å². The van der Waals surface area contributed by atoms with Gasteiger partial charge in [-0.25, -0.2) is 4.90 Å². The highest BCUT2D eigenvalue weighted by Crippen LogP contribution is 2.33. The van der Waals surface area contributed by atoms with Crippen LogP contribution in [0.2, 0.25) is 5.02 Å². The van der Waals surface area contributed by atoms with Crippen molar-refractivity contribution in [3.05, 3.63) is 53.6 Å². The zero-order valence-electron chi connectivity index (χ0n) is 12.5. The van der Waals surface area contributed by atoms with Crippen LogP contribution in [0, 0.1) is 0 Å². The van der Waals surface area contributed by atoms with E-state index in [9.17, 15) is 9.59 Å². The molecule has 2 amide bonds. The lowest BCUT2D eigenvalue weighted by Crippen LogP contribution is -2.35. The van der Waals surface area contributed by atoms with E-state index in [4.69, 9.17) is 16.3 Å². The normalized spacial score (nSPS) is 17.5. The molecule has 1 N–H and O–H groups in total. The molecule has 0 spiro atoms. The van der Waals surface area contributed by atoms with E-state index in [0.717, 1.165) is 4.90 Å². The zero-order valence-corrected chi connectivity index (χ0v) is 13.2. The number of rotatable bonds is 4. The number of ether oxygens (including phenoxy) is 1. The van der Waals surface area contributed by atoms with Gasteiger partial charge in [-0.05, 0) is 24.3 Å². The van der Waals surface area contributed by atoms with E-state index in [-0.39, 0.29) is 18.2 Å². The zero-order chi connectivity index (χ0) is 16.4. The maximum Gasteiger partial charge on any atom is 0.256 e. The van der Waals surface area contributed by atoms with E-state index in [1.165, 1.54) is 7.11 Å². The smallest absolute Gasteiger partial charge is 0.256 e. The largest absolute Gasteiger partial charge is 0.495 e. The number of carbonyl (C=O) groups excluding carboxylic acids is 2. The molecule has 0 radical (unpaired) electrons. The second-order valence-electron chi connectivity index (χ2n) is 5.12. The van der Waals surface area contributed by atoms with Crippen LogP contribution in [0.15, 0.2) is 48.5 Å². The number of imide groups is 1. The van der Waals surface area contributed by atoms with E-state index < -0.39 is 6.04 Å². The van der Waals surface area contributed by atoms with Crippen LogP contribution in [-0.2, 0) is 9.59 Å². The maximum atomic E-state index is 12.6. The van der Waals surface area contributed by atoms with Crippen LogP contribution in [0.5, 0.6) is 5.75 Å². The summed E-state index contributed by atoms with van der Waals surface area (Å²) in [6.07, 6.45) is 0.0715. The minimum atomic E-state index is -0.646. The molecular weight excluding hydrogens is 316 g/mol. The molecule has 1 heterocycles. The molecule has 118 valence electrons. The fraction of sp³-hybridized carbons (Fsp3) is 0.176. The molecule has 6 heteroatoms. The van der Waals surface area contributed by atoms with Crippen molar-refractivity contribution in [3.8, 4) is 5.75 Å². The highest BCUT2D eigenvalue weighted by Gasteiger charge is 2.40. The van der Waals surface area contributed by atoms with Crippen LogP contribution < -0.4 is 15.0 Å². The van der Waals surface area contributed by atoms with Crippen molar-refractivity contribution in [2.75, 3.05) is 17.3 Å². The van der Waals surface area contributed by atoms with Gasteiger partial charge in [0, 0.05) is 0 Å². The molecular formula is C17H15ClN2O3. The van der Waals surface area contributed by atoms with Gasteiger partial charge in [-0.15, -0.1) is 0 Å². The van der Waals surface area contributed by atoms with E-state index in [1.54, 1.807) is 42.5 Å². The lowest BCUT2D eigenvalue weighted by Gasteiger charge is -2.18. The molecule has 1 fully saturated rings. The first-order valence-corrected chi connectivity index (χ1v) is 7.50. The average Bonchev–Trinajstić information content (AvgIpc) is 2.83. The van der Waals surface area contributed by atoms with E-state index in [1.807, 2.05) is 6.07 Å². The molecule has 1 aliphatic heterocycles. The molecule has 2 aromatic carbocycles. The summed E-state index contributed by atoms with van der Waals surface area (Å²) < 4.78 is 5.24. The van der Waals surface area contributed by atoms with Crippen molar-refractivity contribution in [1.82, 2.24) is 0 Å². The van der Waals surface area contributed by atoms with Gasteiger partial charge in [0.05, 0.1) is 29.9 Å². The number of hydrogen-bond acceptors (Lipinski definition) is 4. The molecule has 0 saturated carbocycles. The Morgan fingerprint density at radius 3 is 2.57 bits per heavy atom. The predicted molar refractivity (Wildman–Crippen MR) is 89.0 cm³/mol. The minimum Gasteiger partial charge on any atom is -0.495 e. The molecule has 1 atom stereocenters.